The summed E-state index contributed by atoms with van der Waals surface area (Å²) >= 11 is 0. The number of para-hydroxylation sites is 3. The number of pyridine rings is 1. The minimum absolute atomic E-state index is 0.837. The van der Waals surface area contributed by atoms with Crippen LogP contribution in [0.15, 0.2) is 185 Å². The van der Waals surface area contributed by atoms with Crippen LogP contribution in [0.4, 0.5) is 0 Å². The highest BCUT2D eigenvalue weighted by atomic mass is 16.3. The monoisotopic (exact) mass is 679 g/mol. The van der Waals surface area contributed by atoms with Crippen molar-refractivity contribution in [1.29, 1.82) is 0 Å². The summed E-state index contributed by atoms with van der Waals surface area (Å²) in [6, 6.07) is 59.0. The van der Waals surface area contributed by atoms with Crippen LogP contribution in [0.2, 0.25) is 0 Å². The van der Waals surface area contributed by atoms with E-state index in [1.54, 1.807) is 0 Å². The first-order chi connectivity index (χ1) is 26.2. The van der Waals surface area contributed by atoms with Crippen LogP contribution in [0.3, 0.4) is 0 Å². The zero-order valence-corrected chi connectivity index (χ0v) is 28.4. The summed E-state index contributed by atoms with van der Waals surface area (Å²) in [6.07, 6.45) is 1.88. The van der Waals surface area contributed by atoms with Gasteiger partial charge in [-0.3, -0.25) is 9.55 Å². The van der Waals surface area contributed by atoms with Crippen LogP contribution in [0, 0.1) is 0 Å². The molecule has 0 spiro atoms. The molecule has 5 nitrogen and oxygen atoms in total. The van der Waals surface area contributed by atoms with Gasteiger partial charge in [0.1, 0.15) is 33.7 Å². The van der Waals surface area contributed by atoms with Gasteiger partial charge in [0, 0.05) is 44.6 Å². The normalized spacial score (nSPS) is 11.8. The second-order valence-electron chi connectivity index (χ2n) is 13.4. The van der Waals surface area contributed by atoms with E-state index in [2.05, 4.69) is 126 Å². The second-order valence-corrected chi connectivity index (χ2v) is 13.4. The second kappa shape index (κ2) is 11.7. The zero-order chi connectivity index (χ0) is 34.9. The lowest BCUT2D eigenvalue weighted by atomic mass is 9.94. The molecule has 248 valence electrons. The van der Waals surface area contributed by atoms with E-state index < -0.39 is 0 Å². The molecule has 7 aromatic carbocycles. The summed E-state index contributed by atoms with van der Waals surface area (Å²) in [7, 11) is 0. The summed E-state index contributed by atoms with van der Waals surface area (Å²) in [5.41, 5.74) is 13.6. The first kappa shape index (κ1) is 29.5. The Hall–Kier alpha value is -7.24. The maximum Gasteiger partial charge on any atom is 0.145 e. The summed E-state index contributed by atoms with van der Waals surface area (Å²) in [5.74, 6) is 0.837. The van der Waals surface area contributed by atoms with Gasteiger partial charge in [0.15, 0.2) is 0 Å². The fourth-order valence-electron chi connectivity index (χ4n) is 7.75. The van der Waals surface area contributed by atoms with E-state index in [1.807, 2.05) is 54.7 Å². The van der Waals surface area contributed by atoms with Gasteiger partial charge in [0.05, 0.1) is 11.2 Å². The molecule has 0 saturated carbocycles. The third-order valence-electron chi connectivity index (χ3n) is 10.2. The molecular weight excluding hydrogens is 651 g/mol. The molecule has 0 aliphatic carbocycles. The number of furan rings is 2. The van der Waals surface area contributed by atoms with Crippen molar-refractivity contribution in [2.75, 3.05) is 0 Å². The molecule has 0 bridgehead atoms. The van der Waals surface area contributed by atoms with Gasteiger partial charge in [-0.1, -0.05) is 97.1 Å². The third kappa shape index (κ3) is 4.79. The predicted octanol–water partition coefficient (Wildman–Crippen LogP) is 12.9. The summed E-state index contributed by atoms with van der Waals surface area (Å²) in [5, 5.41) is 4.38. The SMILES string of the molecule is c1ccc(-c2nccc3c2nc(-c2cc(-c4ccc5oc6ccccc6c5c4)cc(-c4ccc5oc6ccccc6c5c4)c2)n3-c2ccccc2)cc1. The fourth-order valence-corrected chi connectivity index (χ4v) is 7.75. The van der Waals surface area contributed by atoms with Crippen molar-refractivity contribution >= 4 is 54.9 Å². The lowest BCUT2D eigenvalue weighted by molar-refractivity contribution is 0.668. The van der Waals surface area contributed by atoms with Crippen LogP contribution in [0.5, 0.6) is 0 Å². The van der Waals surface area contributed by atoms with E-state index in [4.69, 9.17) is 18.8 Å². The number of nitrogens with zero attached hydrogens (tertiary/aromatic N) is 3. The Morgan fingerprint density at radius 1 is 0.396 bits per heavy atom. The molecule has 11 aromatic rings. The highest BCUT2D eigenvalue weighted by molar-refractivity contribution is 6.08. The smallest absolute Gasteiger partial charge is 0.145 e. The minimum Gasteiger partial charge on any atom is -0.456 e. The fraction of sp³-hybridized carbons (Fsp3) is 0. The molecular formula is C48H29N3O2. The van der Waals surface area contributed by atoms with Crippen LogP contribution in [-0.4, -0.2) is 14.5 Å². The van der Waals surface area contributed by atoms with E-state index in [0.717, 1.165) is 105 Å². The number of imidazole rings is 1. The molecule has 0 unspecified atom stereocenters. The largest absolute Gasteiger partial charge is 0.456 e. The zero-order valence-electron chi connectivity index (χ0n) is 28.4. The molecule has 11 rings (SSSR count). The lowest BCUT2D eigenvalue weighted by Crippen LogP contribution is -1.98. The Morgan fingerprint density at radius 3 is 1.55 bits per heavy atom. The predicted molar refractivity (Wildman–Crippen MR) is 215 cm³/mol. The average molecular weight is 680 g/mol. The molecule has 4 aromatic heterocycles. The molecule has 0 amide bonds. The van der Waals surface area contributed by atoms with E-state index in [9.17, 15) is 0 Å². The summed E-state index contributed by atoms with van der Waals surface area (Å²) in [4.78, 5) is 10.3. The lowest BCUT2D eigenvalue weighted by Gasteiger charge is -2.14. The summed E-state index contributed by atoms with van der Waals surface area (Å²) in [6.45, 7) is 0. The van der Waals surface area contributed by atoms with Crippen LogP contribution in [-0.2, 0) is 0 Å². The van der Waals surface area contributed by atoms with Gasteiger partial charge in [-0.15, -0.1) is 0 Å². The Kier molecular flexibility index (Phi) is 6.48. The Balaban J connectivity index is 1.19. The van der Waals surface area contributed by atoms with Crippen LogP contribution in [0.1, 0.15) is 0 Å². The number of benzene rings is 7. The van der Waals surface area contributed by atoms with Crippen molar-refractivity contribution in [3.05, 3.63) is 176 Å². The standard InChI is InChI=1S/C48H29N3O2/c1-3-11-30(12-4-1)46-47-41(23-24-49-46)51(36-13-5-2-6-14-36)48(50-47)35-26-33(31-19-21-44-39(28-31)37-15-7-9-17-42(37)52-44)25-34(27-35)32-20-22-45-40(29-32)38-16-8-10-18-43(38)53-45/h1-29H. The number of hydrogen-bond donors (Lipinski definition) is 0. The summed E-state index contributed by atoms with van der Waals surface area (Å²) < 4.78 is 14.7. The van der Waals surface area contributed by atoms with E-state index in [-0.39, 0.29) is 0 Å². The van der Waals surface area contributed by atoms with Crippen molar-refractivity contribution in [2.45, 2.75) is 0 Å². The molecule has 0 aliphatic rings. The quantitative estimate of drug-likeness (QED) is 0.182. The Bertz CT molecular complexity index is 3040. The first-order valence-corrected chi connectivity index (χ1v) is 17.7. The topological polar surface area (TPSA) is 57.0 Å². The number of rotatable bonds is 5. The molecule has 0 N–H and O–H groups in total. The molecule has 4 heterocycles. The number of aromatic nitrogens is 3. The van der Waals surface area contributed by atoms with E-state index in [0.29, 0.717) is 0 Å². The van der Waals surface area contributed by atoms with Gasteiger partial charge in [0.25, 0.3) is 0 Å². The van der Waals surface area contributed by atoms with Crippen molar-refractivity contribution < 1.29 is 8.83 Å². The highest BCUT2D eigenvalue weighted by Crippen LogP contribution is 2.40. The molecule has 0 radical (unpaired) electrons. The van der Waals surface area contributed by atoms with Gasteiger partial charge >= 0.3 is 0 Å². The maximum atomic E-state index is 6.22. The molecule has 0 fully saturated rings. The Morgan fingerprint density at radius 2 is 0.925 bits per heavy atom. The average Bonchev–Trinajstić information content (AvgIpc) is 3.92. The molecule has 0 saturated heterocycles. The first-order valence-electron chi connectivity index (χ1n) is 17.7. The van der Waals surface area contributed by atoms with Gasteiger partial charge in [-0.2, -0.15) is 0 Å². The van der Waals surface area contributed by atoms with Crippen LogP contribution in [0.25, 0.3) is 105 Å². The van der Waals surface area contributed by atoms with Crippen molar-refractivity contribution in [1.82, 2.24) is 14.5 Å². The van der Waals surface area contributed by atoms with Crippen LogP contribution < -0.4 is 0 Å². The minimum atomic E-state index is 0.837. The molecule has 5 heteroatoms. The number of fused-ring (bicyclic) bond motifs is 7. The third-order valence-corrected chi connectivity index (χ3v) is 10.2. The molecule has 53 heavy (non-hydrogen) atoms. The van der Waals surface area contributed by atoms with Crippen molar-refractivity contribution in [3.8, 4) is 50.6 Å². The van der Waals surface area contributed by atoms with Crippen molar-refractivity contribution in [3.63, 3.8) is 0 Å². The van der Waals surface area contributed by atoms with Crippen molar-refractivity contribution in [2.24, 2.45) is 0 Å². The Labute approximate surface area is 304 Å². The molecule has 0 aliphatic heterocycles. The van der Waals surface area contributed by atoms with Gasteiger partial charge in [-0.05, 0) is 95.1 Å². The highest BCUT2D eigenvalue weighted by Gasteiger charge is 2.20. The number of hydrogen-bond acceptors (Lipinski definition) is 4. The van der Waals surface area contributed by atoms with E-state index >= 15 is 0 Å². The van der Waals surface area contributed by atoms with Gasteiger partial charge < -0.3 is 8.83 Å². The van der Waals surface area contributed by atoms with Gasteiger partial charge in [-0.25, -0.2) is 4.98 Å². The van der Waals surface area contributed by atoms with E-state index in [1.165, 1.54) is 0 Å². The van der Waals surface area contributed by atoms with Gasteiger partial charge in [0.2, 0.25) is 0 Å². The van der Waals surface area contributed by atoms with Crippen LogP contribution >= 0.6 is 0 Å². The maximum absolute atomic E-state index is 6.22. The molecule has 0 atom stereocenters.